The van der Waals surface area contributed by atoms with Crippen molar-refractivity contribution in [3.8, 4) is 0 Å². The summed E-state index contributed by atoms with van der Waals surface area (Å²) in [5, 5.41) is 14.3. The van der Waals surface area contributed by atoms with Crippen molar-refractivity contribution in [2.24, 2.45) is 11.8 Å². The van der Waals surface area contributed by atoms with Gasteiger partial charge in [0.05, 0.1) is 16.2 Å². The zero-order valence-corrected chi connectivity index (χ0v) is 17.7. The van der Waals surface area contributed by atoms with Crippen molar-refractivity contribution in [3.63, 3.8) is 0 Å². The molecular formula is C22H34N4O3. The molecule has 3 rings (SSSR count). The summed E-state index contributed by atoms with van der Waals surface area (Å²) >= 11 is 0. The highest BCUT2D eigenvalue weighted by molar-refractivity contribution is 6.00. The Labute approximate surface area is 173 Å². The summed E-state index contributed by atoms with van der Waals surface area (Å²) in [6.45, 7) is 9.98. The smallest absolute Gasteiger partial charge is 0.270 e. The molecule has 1 aromatic rings. The third-order valence-corrected chi connectivity index (χ3v) is 6.19. The second-order valence-electron chi connectivity index (χ2n) is 8.80. The molecular weight excluding hydrogens is 368 g/mol. The fourth-order valence-corrected chi connectivity index (χ4v) is 4.35. The van der Waals surface area contributed by atoms with Crippen molar-refractivity contribution in [2.75, 3.05) is 44.2 Å². The molecule has 1 aromatic carbocycles. The Balaban J connectivity index is 1.66. The zero-order valence-electron chi connectivity index (χ0n) is 17.7. The summed E-state index contributed by atoms with van der Waals surface area (Å²) in [6, 6.07) is 4.67. The van der Waals surface area contributed by atoms with Gasteiger partial charge < -0.3 is 15.1 Å². The fraction of sp³-hybridized carbons (Fsp3) is 0.682. The molecule has 29 heavy (non-hydrogen) atoms. The number of nitrogens with zero attached hydrogens (tertiary/aromatic N) is 3. The largest absolute Gasteiger partial charge is 0.371 e. The van der Waals surface area contributed by atoms with Gasteiger partial charge in [-0.2, -0.15) is 0 Å². The van der Waals surface area contributed by atoms with E-state index in [9.17, 15) is 14.9 Å². The van der Waals surface area contributed by atoms with E-state index in [2.05, 4.69) is 29.0 Å². The van der Waals surface area contributed by atoms with Crippen molar-refractivity contribution >= 4 is 17.3 Å². The van der Waals surface area contributed by atoms with Crippen LogP contribution in [0.3, 0.4) is 0 Å². The molecule has 1 N–H and O–H groups in total. The quantitative estimate of drug-likeness (QED) is 0.556. The van der Waals surface area contributed by atoms with E-state index in [1.807, 2.05) is 0 Å². The molecule has 1 unspecified atom stereocenters. The molecule has 2 aliphatic rings. The standard InChI is InChI=1S/C22H34N4O3/c1-17-8-12-25(13-9-17)21-7-6-19(26(28)29)14-20(21)22(27)23-15-18(2)16-24-10-4-3-5-11-24/h6-7,14,17-18H,3-5,8-13,15-16H2,1-2H3,(H,23,27). The van der Waals surface area contributed by atoms with Crippen LogP contribution in [0.25, 0.3) is 0 Å². The lowest BCUT2D eigenvalue weighted by Crippen LogP contribution is -2.39. The molecule has 1 amide bonds. The maximum Gasteiger partial charge on any atom is 0.270 e. The highest BCUT2D eigenvalue weighted by Gasteiger charge is 2.24. The number of benzene rings is 1. The Kier molecular flexibility index (Phi) is 7.47. The van der Waals surface area contributed by atoms with Gasteiger partial charge in [-0.15, -0.1) is 0 Å². The molecule has 2 aliphatic heterocycles. The molecule has 160 valence electrons. The van der Waals surface area contributed by atoms with Crippen molar-refractivity contribution in [1.29, 1.82) is 0 Å². The summed E-state index contributed by atoms with van der Waals surface area (Å²) in [4.78, 5) is 28.4. The first-order valence-electron chi connectivity index (χ1n) is 11.0. The average Bonchev–Trinajstić information content (AvgIpc) is 2.73. The SMILES string of the molecule is CC1CCN(c2ccc([N+](=O)[O-])cc2C(=O)NCC(C)CN2CCCCC2)CC1. The van der Waals surface area contributed by atoms with Crippen LogP contribution in [0.5, 0.6) is 0 Å². The van der Waals surface area contributed by atoms with Crippen LogP contribution in [0.1, 0.15) is 56.3 Å². The molecule has 7 heteroatoms. The molecule has 0 spiro atoms. The maximum absolute atomic E-state index is 13.0. The van der Waals surface area contributed by atoms with E-state index >= 15 is 0 Å². The number of rotatable bonds is 7. The van der Waals surface area contributed by atoms with Crippen molar-refractivity contribution in [2.45, 2.75) is 46.0 Å². The number of hydrogen-bond acceptors (Lipinski definition) is 5. The topological polar surface area (TPSA) is 78.7 Å². The van der Waals surface area contributed by atoms with Crippen LogP contribution in [0.2, 0.25) is 0 Å². The van der Waals surface area contributed by atoms with Crippen LogP contribution in [-0.4, -0.2) is 55.0 Å². The molecule has 0 aliphatic carbocycles. The number of hydrogen-bond donors (Lipinski definition) is 1. The number of carbonyl (C=O) groups is 1. The molecule has 0 saturated carbocycles. The van der Waals surface area contributed by atoms with E-state index in [1.165, 1.54) is 31.4 Å². The molecule has 2 heterocycles. The zero-order chi connectivity index (χ0) is 20.8. The van der Waals surface area contributed by atoms with Gasteiger partial charge in [-0.1, -0.05) is 20.3 Å². The second kappa shape index (κ2) is 10.1. The number of amides is 1. The lowest BCUT2D eigenvalue weighted by atomic mass is 9.97. The van der Waals surface area contributed by atoms with E-state index in [0.717, 1.165) is 51.3 Å². The molecule has 7 nitrogen and oxygen atoms in total. The number of piperidine rings is 2. The van der Waals surface area contributed by atoms with Gasteiger partial charge in [-0.3, -0.25) is 14.9 Å². The van der Waals surface area contributed by atoms with Gasteiger partial charge in [0, 0.05) is 38.3 Å². The number of nitro groups is 1. The lowest BCUT2D eigenvalue weighted by Gasteiger charge is -2.33. The molecule has 0 bridgehead atoms. The minimum Gasteiger partial charge on any atom is -0.371 e. The predicted molar refractivity (Wildman–Crippen MR) is 115 cm³/mol. The normalized spacial score (nSPS) is 19.7. The van der Waals surface area contributed by atoms with Crippen LogP contribution in [0.15, 0.2) is 18.2 Å². The van der Waals surface area contributed by atoms with Gasteiger partial charge in [0.2, 0.25) is 0 Å². The molecule has 0 radical (unpaired) electrons. The molecule has 1 atom stereocenters. The second-order valence-corrected chi connectivity index (χ2v) is 8.80. The van der Waals surface area contributed by atoms with Crippen LogP contribution in [0.4, 0.5) is 11.4 Å². The van der Waals surface area contributed by atoms with Crippen LogP contribution in [0, 0.1) is 22.0 Å². The summed E-state index contributed by atoms with van der Waals surface area (Å²) in [6.07, 6.45) is 5.97. The van der Waals surface area contributed by atoms with Crippen LogP contribution in [-0.2, 0) is 0 Å². The number of nitrogens with one attached hydrogen (secondary N) is 1. The van der Waals surface area contributed by atoms with Crippen molar-refractivity contribution in [3.05, 3.63) is 33.9 Å². The number of anilines is 1. The first-order chi connectivity index (χ1) is 13.9. The Morgan fingerprint density at radius 2 is 1.90 bits per heavy atom. The molecule has 2 fully saturated rings. The van der Waals surface area contributed by atoms with E-state index in [4.69, 9.17) is 0 Å². The molecule has 0 aromatic heterocycles. The third-order valence-electron chi connectivity index (χ3n) is 6.19. The third kappa shape index (κ3) is 5.92. The van der Waals surface area contributed by atoms with Crippen molar-refractivity contribution in [1.82, 2.24) is 10.2 Å². The van der Waals surface area contributed by atoms with Crippen LogP contribution < -0.4 is 10.2 Å². The minimum atomic E-state index is -0.433. The average molecular weight is 403 g/mol. The van der Waals surface area contributed by atoms with Gasteiger partial charge >= 0.3 is 0 Å². The number of non-ortho nitro benzene ring substituents is 1. The van der Waals surface area contributed by atoms with Gasteiger partial charge in [-0.25, -0.2) is 0 Å². The Morgan fingerprint density at radius 3 is 2.55 bits per heavy atom. The van der Waals surface area contributed by atoms with Gasteiger partial charge in [0.1, 0.15) is 0 Å². The summed E-state index contributed by atoms with van der Waals surface area (Å²) in [5.41, 5.74) is 1.19. The monoisotopic (exact) mass is 402 g/mol. The maximum atomic E-state index is 13.0. The number of carbonyl (C=O) groups excluding carboxylic acids is 1. The highest BCUT2D eigenvalue weighted by atomic mass is 16.6. The summed E-state index contributed by atoms with van der Waals surface area (Å²) in [7, 11) is 0. The number of likely N-dealkylation sites (tertiary alicyclic amines) is 1. The van der Waals surface area contributed by atoms with Crippen molar-refractivity contribution < 1.29 is 9.72 Å². The lowest BCUT2D eigenvalue weighted by molar-refractivity contribution is -0.384. The Hall–Kier alpha value is -2.15. The van der Waals surface area contributed by atoms with E-state index in [0.29, 0.717) is 23.9 Å². The minimum absolute atomic E-state index is 0.0364. The number of nitro benzene ring substituents is 1. The predicted octanol–water partition coefficient (Wildman–Crippen LogP) is 3.68. The first-order valence-corrected chi connectivity index (χ1v) is 11.0. The fourth-order valence-electron chi connectivity index (χ4n) is 4.35. The van der Waals surface area contributed by atoms with Gasteiger partial charge in [0.25, 0.3) is 11.6 Å². The molecule has 2 saturated heterocycles. The first kappa shape index (κ1) is 21.6. The summed E-state index contributed by atoms with van der Waals surface area (Å²) in [5.74, 6) is 0.806. The van der Waals surface area contributed by atoms with Crippen LogP contribution >= 0.6 is 0 Å². The van der Waals surface area contributed by atoms with E-state index in [-0.39, 0.29) is 11.6 Å². The van der Waals surface area contributed by atoms with Gasteiger partial charge in [0.15, 0.2) is 0 Å². The van der Waals surface area contributed by atoms with E-state index in [1.54, 1.807) is 6.07 Å². The Bertz CT molecular complexity index is 710. The Morgan fingerprint density at radius 1 is 1.21 bits per heavy atom. The van der Waals surface area contributed by atoms with E-state index < -0.39 is 4.92 Å². The summed E-state index contributed by atoms with van der Waals surface area (Å²) < 4.78 is 0. The van der Waals surface area contributed by atoms with Gasteiger partial charge in [-0.05, 0) is 56.7 Å². The highest BCUT2D eigenvalue weighted by Crippen LogP contribution is 2.29.